The van der Waals surface area contributed by atoms with Gasteiger partial charge in [-0.3, -0.25) is 0 Å². The maximum absolute atomic E-state index is 5.83. The third-order valence-electron chi connectivity index (χ3n) is 3.18. The first-order valence-electron chi connectivity index (χ1n) is 6.05. The molecule has 0 bridgehead atoms. The highest BCUT2D eigenvalue weighted by atomic mass is 35.5. The van der Waals surface area contributed by atoms with Gasteiger partial charge in [0.15, 0.2) is 0 Å². The molecule has 2 N–H and O–H groups in total. The van der Waals surface area contributed by atoms with Gasteiger partial charge in [-0.1, -0.05) is 11.6 Å². The van der Waals surface area contributed by atoms with E-state index in [4.69, 9.17) is 11.6 Å². The van der Waals surface area contributed by atoms with E-state index in [0.29, 0.717) is 0 Å². The van der Waals surface area contributed by atoms with Crippen molar-refractivity contribution in [1.29, 1.82) is 0 Å². The molecule has 0 radical (unpaired) electrons. The zero-order valence-corrected chi connectivity index (χ0v) is 10.3. The van der Waals surface area contributed by atoms with Crippen LogP contribution >= 0.6 is 11.6 Å². The van der Waals surface area contributed by atoms with E-state index in [-0.39, 0.29) is 0 Å². The van der Waals surface area contributed by atoms with Crippen molar-refractivity contribution in [1.82, 2.24) is 5.32 Å². The highest BCUT2D eigenvalue weighted by Crippen LogP contribution is 2.17. The highest BCUT2D eigenvalue weighted by molar-refractivity contribution is 6.30. The summed E-state index contributed by atoms with van der Waals surface area (Å²) in [5.41, 5.74) is 1.17. The second-order valence-corrected chi connectivity index (χ2v) is 4.85. The number of piperidine rings is 1. The van der Waals surface area contributed by atoms with Crippen LogP contribution in [0.25, 0.3) is 0 Å². The van der Waals surface area contributed by atoms with E-state index in [1.807, 2.05) is 24.3 Å². The Bertz CT molecular complexity index is 304. The summed E-state index contributed by atoms with van der Waals surface area (Å²) in [7, 11) is 0. The van der Waals surface area contributed by atoms with Crippen LogP contribution in [0, 0.1) is 5.92 Å². The van der Waals surface area contributed by atoms with Gasteiger partial charge in [0, 0.05) is 17.3 Å². The Kier molecular flexibility index (Phi) is 4.49. The number of nitrogens with one attached hydrogen (secondary N) is 2. The van der Waals surface area contributed by atoms with Crippen LogP contribution in [0.2, 0.25) is 5.02 Å². The number of rotatable bonds is 4. The first-order chi connectivity index (χ1) is 7.84. The molecule has 1 heterocycles. The van der Waals surface area contributed by atoms with Crippen molar-refractivity contribution in [3.05, 3.63) is 29.3 Å². The van der Waals surface area contributed by atoms with Crippen molar-refractivity contribution in [3.8, 4) is 0 Å². The Balaban J connectivity index is 1.69. The Morgan fingerprint density at radius 1 is 1.19 bits per heavy atom. The van der Waals surface area contributed by atoms with Crippen LogP contribution in [0.15, 0.2) is 24.3 Å². The number of anilines is 1. The number of hydrogen-bond acceptors (Lipinski definition) is 2. The molecule has 0 aliphatic carbocycles. The molecule has 2 rings (SSSR count). The van der Waals surface area contributed by atoms with E-state index in [2.05, 4.69) is 10.6 Å². The quantitative estimate of drug-likeness (QED) is 0.842. The fraction of sp³-hybridized carbons (Fsp3) is 0.538. The van der Waals surface area contributed by atoms with Gasteiger partial charge in [0.1, 0.15) is 0 Å². The Hall–Kier alpha value is -0.730. The van der Waals surface area contributed by atoms with Crippen molar-refractivity contribution in [2.75, 3.05) is 25.0 Å². The molecular formula is C13H19ClN2. The molecule has 2 nitrogen and oxygen atoms in total. The summed E-state index contributed by atoms with van der Waals surface area (Å²) in [6.45, 7) is 3.43. The predicted molar refractivity (Wildman–Crippen MR) is 70.2 cm³/mol. The van der Waals surface area contributed by atoms with Gasteiger partial charge in [-0.25, -0.2) is 0 Å². The molecule has 1 fully saturated rings. The normalized spacial score (nSPS) is 17.3. The Morgan fingerprint density at radius 3 is 2.56 bits per heavy atom. The van der Waals surface area contributed by atoms with Crippen LogP contribution in [-0.4, -0.2) is 19.6 Å². The summed E-state index contributed by atoms with van der Waals surface area (Å²) in [6.07, 6.45) is 3.91. The van der Waals surface area contributed by atoms with Gasteiger partial charge in [0.05, 0.1) is 0 Å². The molecule has 0 saturated carbocycles. The molecule has 0 atom stereocenters. The molecule has 0 aromatic heterocycles. The van der Waals surface area contributed by atoms with Gasteiger partial charge in [-0.15, -0.1) is 0 Å². The van der Waals surface area contributed by atoms with E-state index in [1.54, 1.807) is 0 Å². The lowest BCUT2D eigenvalue weighted by molar-refractivity contribution is 0.361. The van der Waals surface area contributed by atoms with Crippen molar-refractivity contribution >= 4 is 17.3 Å². The minimum Gasteiger partial charge on any atom is -0.385 e. The van der Waals surface area contributed by atoms with Gasteiger partial charge < -0.3 is 10.6 Å². The molecule has 0 unspecified atom stereocenters. The van der Waals surface area contributed by atoms with E-state index in [1.165, 1.54) is 38.0 Å². The lowest BCUT2D eigenvalue weighted by Gasteiger charge is -2.22. The average molecular weight is 239 g/mol. The second-order valence-electron chi connectivity index (χ2n) is 4.42. The zero-order valence-electron chi connectivity index (χ0n) is 9.51. The van der Waals surface area contributed by atoms with E-state index < -0.39 is 0 Å². The lowest BCUT2D eigenvalue weighted by Crippen LogP contribution is -2.28. The molecule has 1 aromatic carbocycles. The highest BCUT2D eigenvalue weighted by Gasteiger charge is 2.11. The molecule has 3 heteroatoms. The van der Waals surface area contributed by atoms with Crippen LogP contribution in [0.3, 0.4) is 0 Å². The first kappa shape index (κ1) is 11.7. The second kappa shape index (κ2) is 6.12. The lowest BCUT2D eigenvalue weighted by atomic mass is 9.95. The molecule has 16 heavy (non-hydrogen) atoms. The maximum atomic E-state index is 5.83. The van der Waals surface area contributed by atoms with Crippen molar-refractivity contribution < 1.29 is 0 Å². The summed E-state index contributed by atoms with van der Waals surface area (Å²) in [5, 5.41) is 7.63. The van der Waals surface area contributed by atoms with Gasteiger partial charge in [-0.2, -0.15) is 0 Å². The summed E-state index contributed by atoms with van der Waals surface area (Å²) in [4.78, 5) is 0. The third kappa shape index (κ3) is 3.69. The topological polar surface area (TPSA) is 24.1 Å². The molecule has 0 spiro atoms. The third-order valence-corrected chi connectivity index (χ3v) is 3.44. The van der Waals surface area contributed by atoms with Gasteiger partial charge in [-0.05, 0) is 62.5 Å². The maximum Gasteiger partial charge on any atom is 0.0407 e. The Morgan fingerprint density at radius 2 is 1.88 bits per heavy atom. The zero-order chi connectivity index (χ0) is 11.2. The standard InChI is InChI=1S/C13H19ClN2/c14-12-1-3-13(4-2-12)16-10-7-11-5-8-15-9-6-11/h1-4,11,15-16H,5-10H2. The van der Waals surface area contributed by atoms with Crippen LogP contribution < -0.4 is 10.6 Å². The van der Waals surface area contributed by atoms with Gasteiger partial charge in [0.25, 0.3) is 0 Å². The smallest absolute Gasteiger partial charge is 0.0407 e. The van der Waals surface area contributed by atoms with E-state index in [0.717, 1.165) is 17.5 Å². The van der Waals surface area contributed by atoms with Crippen LogP contribution in [0.5, 0.6) is 0 Å². The fourth-order valence-electron chi connectivity index (χ4n) is 2.16. The molecule has 1 aliphatic rings. The number of benzene rings is 1. The average Bonchev–Trinajstić information content (AvgIpc) is 2.33. The van der Waals surface area contributed by atoms with Crippen molar-refractivity contribution in [3.63, 3.8) is 0 Å². The van der Waals surface area contributed by atoms with Crippen LogP contribution in [0.4, 0.5) is 5.69 Å². The number of halogens is 1. The van der Waals surface area contributed by atoms with E-state index >= 15 is 0 Å². The van der Waals surface area contributed by atoms with Crippen molar-refractivity contribution in [2.45, 2.75) is 19.3 Å². The van der Waals surface area contributed by atoms with Crippen molar-refractivity contribution in [2.24, 2.45) is 5.92 Å². The predicted octanol–water partition coefficient (Wildman–Crippen LogP) is 3.14. The minimum atomic E-state index is 0.795. The fourth-order valence-corrected chi connectivity index (χ4v) is 2.28. The summed E-state index contributed by atoms with van der Waals surface area (Å²) in [6, 6.07) is 7.92. The summed E-state index contributed by atoms with van der Waals surface area (Å²) in [5.74, 6) is 0.890. The molecular weight excluding hydrogens is 220 g/mol. The SMILES string of the molecule is Clc1ccc(NCCC2CCNCC2)cc1. The first-order valence-corrected chi connectivity index (χ1v) is 6.42. The summed E-state index contributed by atoms with van der Waals surface area (Å²) >= 11 is 5.83. The largest absolute Gasteiger partial charge is 0.385 e. The minimum absolute atomic E-state index is 0.795. The summed E-state index contributed by atoms with van der Waals surface area (Å²) < 4.78 is 0. The van der Waals surface area contributed by atoms with Crippen LogP contribution in [-0.2, 0) is 0 Å². The van der Waals surface area contributed by atoms with Gasteiger partial charge >= 0.3 is 0 Å². The molecule has 1 saturated heterocycles. The monoisotopic (exact) mass is 238 g/mol. The molecule has 1 aliphatic heterocycles. The van der Waals surface area contributed by atoms with Gasteiger partial charge in [0.2, 0.25) is 0 Å². The molecule has 1 aromatic rings. The van der Waals surface area contributed by atoms with Crippen LogP contribution in [0.1, 0.15) is 19.3 Å². The molecule has 88 valence electrons. The molecule has 0 amide bonds. The van der Waals surface area contributed by atoms with E-state index in [9.17, 15) is 0 Å². The Labute approximate surface area is 102 Å². The number of hydrogen-bond donors (Lipinski definition) is 2.